The van der Waals surface area contributed by atoms with E-state index in [9.17, 15) is 15.3 Å². The maximum absolute atomic E-state index is 9.78. The lowest BCUT2D eigenvalue weighted by Gasteiger charge is -2.30. The van der Waals surface area contributed by atoms with Crippen molar-refractivity contribution in [1.82, 2.24) is 5.32 Å². The molecule has 4 N–H and O–H groups in total. The number of hydrogen-bond acceptors (Lipinski definition) is 4. The summed E-state index contributed by atoms with van der Waals surface area (Å²) in [6, 6.07) is 5.22. The molecule has 0 amide bonds. The normalized spacial score (nSPS) is 13.7. The van der Waals surface area contributed by atoms with Gasteiger partial charge < -0.3 is 20.6 Å². The monoisotopic (exact) mass is 239 g/mol. The van der Waals surface area contributed by atoms with Crippen molar-refractivity contribution >= 4 is 0 Å². The Balaban J connectivity index is 2.89. The lowest BCUT2D eigenvalue weighted by atomic mass is 9.99. The summed E-state index contributed by atoms with van der Waals surface area (Å²) in [4.78, 5) is 0. The topological polar surface area (TPSA) is 72.7 Å². The molecular weight excluding hydrogens is 218 g/mol. The third kappa shape index (κ3) is 3.43. The van der Waals surface area contributed by atoms with Gasteiger partial charge in [-0.3, -0.25) is 0 Å². The standard InChI is InChI=1S/C13H21NO3/c1-9-4-5-12(17)11(6-9)10(2)14-13(3,7-15)8-16/h4-6,10,14-17H,7-8H2,1-3H3. The third-order valence-electron chi connectivity index (χ3n) is 2.91. The lowest BCUT2D eigenvalue weighted by Crippen LogP contribution is -2.49. The van der Waals surface area contributed by atoms with E-state index in [-0.39, 0.29) is 25.0 Å². The Labute approximate surface area is 102 Å². The van der Waals surface area contributed by atoms with Gasteiger partial charge in [0, 0.05) is 11.6 Å². The molecule has 0 saturated carbocycles. The van der Waals surface area contributed by atoms with Gasteiger partial charge in [-0.2, -0.15) is 0 Å². The summed E-state index contributed by atoms with van der Waals surface area (Å²) in [5, 5.41) is 31.3. The van der Waals surface area contributed by atoms with Crippen molar-refractivity contribution in [2.45, 2.75) is 32.4 Å². The number of aryl methyl sites for hydroxylation is 1. The van der Waals surface area contributed by atoms with Crippen LogP contribution in [0.3, 0.4) is 0 Å². The molecule has 0 aromatic heterocycles. The Kier molecular flexibility index (Phi) is 4.51. The minimum atomic E-state index is -0.754. The average molecular weight is 239 g/mol. The second-order valence-electron chi connectivity index (χ2n) is 4.81. The van der Waals surface area contributed by atoms with E-state index in [0.29, 0.717) is 0 Å². The largest absolute Gasteiger partial charge is 0.508 e. The number of aromatic hydroxyl groups is 1. The summed E-state index contributed by atoms with van der Waals surface area (Å²) in [6.45, 7) is 5.24. The molecule has 0 radical (unpaired) electrons. The summed E-state index contributed by atoms with van der Waals surface area (Å²) >= 11 is 0. The molecule has 0 spiro atoms. The Morgan fingerprint density at radius 1 is 1.29 bits per heavy atom. The van der Waals surface area contributed by atoms with Gasteiger partial charge in [0.05, 0.1) is 18.8 Å². The summed E-state index contributed by atoms with van der Waals surface area (Å²) in [6.07, 6.45) is 0. The fraction of sp³-hybridized carbons (Fsp3) is 0.538. The molecule has 1 rings (SSSR count). The average Bonchev–Trinajstić information content (AvgIpc) is 2.32. The van der Waals surface area contributed by atoms with Gasteiger partial charge in [0.2, 0.25) is 0 Å². The number of aliphatic hydroxyl groups is 2. The highest BCUT2D eigenvalue weighted by atomic mass is 16.3. The second kappa shape index (κ2) is 5.49. The van der Waals surface area contributed by atoms with Crippen molar-refractivity contribution in [3.63, 3.8) is 0 Å². The quantitative estimate of drug-likeness (QED) is 0.621. The van der Waals surface area contributed by atoms with Crippen LogP contribution in [0.5, 0.6) is 5.75 Å². The molecule has 1 unspecified atom stereocenters. The Bertz CT molecular complexity index is 375. The summed E-state index contributed by atoms with van der Waals surface area (Å²) in [7, 11) is 0. The predicted molar refractivity (Wildman–Crippen MR) is 67.0 cm³/mol. The van der Waals surface area contributed by atoms with E-state index < -0.39 is 5.54 Å². The number of benzene rings is 1. The number of aliphatic hydroxyl groups excluding tert-OH is 2. The zero-order valence-corrected chi connectivity index (χ0v) is 10.6. The van der Waals surface area contributed by atoms with E-state index in [2.05, 4.69) is 5.32 Å². The van der Waals surface area contributed by atoms with E-state index in [0.717, 1.165) is 11.1 Å². The maximum Gasteiger partial charge on any atom is 0.120 e. The summed E-state index contributed by atoms with van der Waals surface area (Å²) in [5.41, 5.74) is 1.06. The smallest absolute Gasteiger partial charge is 0.120 e. The van der Waals surface area contributed by atoms with Crippen molar-refractivity contribution in [3.8, 4) is 5.75 Å². The van der Waals surface area contributed by atoms with Crippen LogP contribution in [0, 0.1) is 6.92 Å². The van der Waals surface area contributed by atoms with Crippen LogP contribution < -0.4 is 5.32 Å². The number of hydrogen-bond donors (Lipinski definition) is 4. The van der Waals surface area contributed by atoms with Crippen LogP contribution in [0.1, 0.15) is 31.0 Å². The number of phenolic OH excluding ortho intramolecular Hbond substituents is 1. The van der Waals surface area contributed by atoms with E-state index in [1.54, 1.807) is 13.0 Å². The van der Waals surface area contributed by atoms with E-state index in [1.165, 1.54) is 0 Å². The van der Waals surface area contributed by atoms with Crippen molar-refractivity contribution in [1.29, 1.82) is 0 Å². The minimum Gasteiger partial charge on any atom is -0.508 e. The Morgan fingerprint density at radius 2 is 1.88 bits per heavy atom. The molecule has 0 fully saturated rings. The molecule has 0 aliphatic carbocycles. The number of rotatable bonds is 5. The van der Waals surface area contributed by atoms with E-state index in [4.69, 9.17) is 0 Å². The molecular formula is C13H21NO3. The van der Waals surface area contributed by atoms with Crippen LogP contribution in [0.25, 0.3) is 0 Å². The number of nitrogens with one attached hydrogen (secondary N) is 1. The fourth-order valence-corrected chi connectivity index (χ4v) is 1.76. The molecule has 1 aromatic carbocycles. The van der Waals surface area contributed by atoms with Crippen LogP contribution >= 0.6 is 0 Å². The number of phenols is 1. The molecule has 1 atom stereocenters. The first-order valence-electron chi connectivity index (χ1n) is 5.71. The molecule has 0 aliphatic rings. The van der Waals surface area contributed by atoms with Crippen LogP contribution in [0.4, 0.5) is 0 Å². The molecule has 0 bridgehead atoms. The maximum atomic E-state index is 9.78. The molecule has 0 heterocycles. The molecule has 4 nitrogen and oxygen atoms in total. The van der Waals surface area contributed by atoms with Crippen LogP contribution in [0.15, 0.2) is 18.2 Å². The second-order valence-corrected chi connectivity index (χ2v) is 4.81. The molecule has 0 aliphatic heterocycles. The van der Waals surface area contributed by atoms with Gasteiger partial charge in [0.15, 0.2) is 0 Å². The molecule has 96 valence electrons. The van der Waals surface area contributed by atoms with Crippen LogP contribution in [-0.2, 0) is 0 Å². The van der Waals surface area contributed by atoms with Gasteiger partial charge in [-0.25, -0.2) is 0 Å². The molecule has 4 heteroatoms. The van der Waals surface area contributed by atoms with E-state index >= 15 is 0 Å². The summed E-state index contributed by atoms with van der Waals surface area (Å²) in [5.74, 6) is 0.217. The van der Waals surface area contributed by atoms with Crippen molar-refractivity contribution < 1.29 is 15.3 Å². The van der Waals surface area contributed by atoms with Gasteiger partial charge >= 0.3 is 0 Å². The van der Waals surface area contributed by atoms with Gasteiger partial charge in [-0.05, 0) is 26.8 Å². The van der Waals surface area contributed by atoms with Crippen molar-refractivity contribution in [2.75, 3.05) is 13.2 Å². The lowest BCUT2D eigenvalue weighted by molar-refractivity contribution is 0.0954. The highest BCUT2D eigenvalue weighted by Crippen LogP contribution is 2.26. The first kappa shape index (κ1) is 14.0. The highest BCUT2D eigenvalue weighted by Gasteiger charge is 2.25. The Morgan fingerprint density at radius 3 is 2.41 bits per heavy atom. The zero-order chi connectivity index (χ0) is 13.1. The minimum absolute atomic E-state index is 0.154. The highest BCUT2D eigenvalue weighted by molar-refractivity contribution is 5.37. The molecule has 17 heavy (non-hydrogen) atoms. The Hall–Kier alpha value is -1.10. The van der Waals surface area contributed by atoms with Crippen LogP contribution in [0.2, 0.25) is 0 Å². The summed E-state index contributed by atoms with van der Waals surface area (Å²) < 4.78 is 0. The first-order valence-corrected chi connectivity index (χ1v) is 5.71. The predicted octanol–water partition coefficient (Wildman–Crippen LogP) is 1.09. The first-order chi connectivity index (χ1) is 7.91. The van der Waals surface area contributed by atoms with Crippen LogP contribution in [-0.4, -0.2) is 34.1 Å². The van der Waals surface area contributed by atoms with Crippen molar-refractivity contribution in [2.24, 2.45) is 0 Å². The van der Waals surface area contributed by atoms with Gasteiger partial charge in [0.25, 0.3) is 0 Å². The molecule has 1 aromatic rings. The molecule has 0 saturated heterocycles. The van der Waals surface area contributed by atoms with E-state index in [1.807, 2.05) is 26.0 Å². The van der Waals surface area contributed by atoms with Gasteiger partial charge in [-0.15, -0.1) is 0 Å². The third-order valence-corrected chi connectivity index (χ3v) is 2.91. The van der Waals surface area contributed by atoms with Crippen molar-refractivity contribution in [3.05, 3.63) is 29.3 Å². The van der Waals surface area contributed by atoms with Gasteiger partial charge in [-0.1, -0.05) is 17.7 Å². The van der Waals surface area contributed by atoms with Gasteiger partial charge in [0.1, 0.15) is 5.75 Å². The SMILES string of the molecule is Cc1ccc(O)c(C(C)NC(C)(CO)CO)c1. The fourth-order valence-electron chi connectivity index (χ4n) is 1.76. The zero-order valence-electron chi connectivity index (χ0n) is 10.6.